The van der Waals surface area contributed by atoms with Crippen LogP contribution in [0.1, 0.15) is 65.2 Å². The Bertz CT molecular complexity index is 180. The Morgan fingerprint density at radius 2 is 1.64 bits per heavy atom. The maximum absolute atomic E-state index is 3.91. The van der Waals surface area contributed by atoms with E-state index in [9.17, 15) is 0 Å². The van der Waals surface area contributed by atoms with Gasteiger partial charge in [-0.2, -0.15) is 0 Å². The van der Waals surface area contributed by atoms with E-state index in [-0.39, 0.29) is 0 Å². The van der Waals surface area contributed by atoms with E-state index in [2.05, 4.69) is 19.2 Å². The zero-order valence-corrected chi connectivity index (χ0v) is 9.81. The Hall–Kier alpha value is -0.0400. The lowest BCUT2D eigenvalue weighted by Crippen LogP contribution is -2.44. The molecule has 14 heavy (non-hydrogen) atoms. The molecule has 1 nitrogen and oxygen atoms in total. The van der Waals surface area contributed by atoms with E-state index in [0.717, 1.165) is 12.1 Å². The molecule has 0 heterocycles. The molecule has 2 fully saturated rings. The van der Waals surface area contributed by atoms with Gasteiger partial charge in [-0.25, -0.2) is 0 Å². The van der Waals surface area contributed by atoms with E-state index in [0.29, 0.717) is 5.41 Å². The zero-order valence-electron chi connectivity index (χ0n) is 9.81. The van der Waals surface area contributed by atoms with Crippen molar-refractivity contribution in [3.63, 3.8) is 0 Å². The first kappa shape index (κ1) is 10.5. The van der Waals surface area contributed by atoms with E-state index in [4.69, 9.17) is 0 Å². The van der Waals surface area contributed by atoms with Crippen LogP contribution in [-0.2, 0) is 0 Å². The van der Waals surface area contributed by atoms with Crippen LogP contribution in [0.15, 0.2) is 0 Å². The maximum atomic E-state index is 3.91. The number of hydrogen-bond donors (Lipinski definition) is 1. The van der Waals surface area contributed by atoms with Crippen molar-refractivity contribution in [2.24, 2.45) is 5.41 Å². The van der Waals surface area contributed by atoms with Crippen molar-refractivity contribution >= 4 is 0 Å². The van der Waals surface area contributed by atoms with Gasteiger partial charge in [0, 0.05) is 12.1 Å². The standard InChI is InChI=1S/C13H25N/c1-13(2)10-6-9-12(13)14-11-7-4-3-5-8-11/h11-12,14H,3-10H2,1-2H3. The second-order valence-corrected chi connectivity index (χ2v) is 5.93. The van der Waals surface area contributed by atoms with Crippen LogP contribution in [-0.4, -0.2) is 12.1 Å². The summed E-state index contributed by atoms with van der Waals surface area (Å²) in [5.41, 5.74) is 0.553. The smallest absolute Gasteiger partial charge is 0.0121 e. The largest absolute Gasteiger partial charge is 0.311 e. The fourth-order valence-corrected chi connectivity index (χ4v) is 3.19. The average Bonchev–Trinajstić information content (AvgIpc) is 2.48. The summed E-state index contributed by atoms with van der Waals surface area (Å²) < 4.78 is 0. The summed E-state index contributed by atoms with van der Waals surface area (Å²) in [6, 6.07) is 1.64. The molecule has 1 heteroatoms. The number of rotatable bonds is 2. The molecule has 0 bridgehead atoms. The molecule has 0 aliphatic heterocycles. The highest BCUT2D eigenvalue weighted by atomic mass is 15.0. The Morgan fingerprint density at radius 3 is 2.21 bits per heavy atom. The van der Waals surface area contributed by atoms with Crippen LogP contribution < -0.4 is 5.32 Å². The van der Waals surface area contributed by atoms with Gasteiger partial charge in [-0.05, 0) is 31.1 Å². The van der Waals surface area contributed by atoms with Gasteiger partial charge in [-0.1, -0.05) is 39.5 Å². The van der Waals surface area contributed by atoms with Crippen LogP contribution in [0.5, 0.6) is 0 Å². The van der Waals surface area contributed by atoms with E-state index < -0.39 is 0 Å². The maximum Gasteiger partial charge on any atom is 0.0121 e. The fourth-order valence-electron chi connectivity index (χ4n) is 3.19. The molecule has 0 amide bonds. The number of hydrogen-bond acceptors (Lipinski definition) is 1. The molecular formula is C13H25N. The van der Waals surface area contributed by atoms with E-state index in [1.807, 2.05) is 0 Å². The van der Waals surface area contributed by atoms with Gasteiger partial charge in [0.15, 0.2) is 0 Å². The highest BCUT2D eigenvalue weighted by molar-refractivity contribution is 4.92. The third-order valence-electron chi connectivity index (χ3n) is 4.30. The summed E-state index contributed by atoms with van der Waals surface area (Å²) in [6.45, 7) is 4.86. The number of nitrogens with one attached hydrogen (secondary N) is 1. The fraction of sp³-hybridized carbons (Fsp3) is 1.00. The van der Waals surface area contributed by atoms with E-state index in [1.165, 1.54) is 51.4 Å². The lowest BCUT2D eigenvalue weighted by atomic mass is 9.85. The minimum absolute atomic E-state index is 0.553. The van der Waals surface area contributed by atoms with Gasteiger partial charge in [-0.15, -0.1) is 0 Å². The Kier molecular flexibility index (Phi) is 3.16. The van der Waals surface area contributed by atoms with Crippen LogP contribution in [0, 0.1) is 5.41 Å². The van der Waals surface area contributed by atoms with Crippen molar-refractivity contribution in [1.29, 1.82) is 0 Å². The molecule has 2 aliphatic rings. The van der Waals surface area contributed by atoms with Crippen molar-refractivity contribution in [2.45, 2.75) is 77.3 Å². The summed E-state index contributed by atoms with van der Waals surface area (Å²) in [5.74, 6) is 0. The van der Waals surface area contributed by atoms with Gasteiger partial charge in [0.05, 0.1) is 0 Å². The van der Waals surface area contributed by atoms with Crippen LogP contribution in [0.2, 0.25) is 0 Å². The lowest BCUT2D eigenvalue weighted by molar-refractivity contribution is 0.237. The molecule has 0 aromatic carbocycles. The molecule has 0 aromatic rings. The van der Waals surface area contributed by atoms with Gasteiger partial charge < -0.3 is 5.32 Å². The highest BCUT2D eigenvalue weighted by Gasteiger charge is 2.35. The molecule has 0 radical (unpaired) electrons. The first-order chi connectivity index (χ1) is 6.68. The summed E-state index contributed by atoms with van der Waals surface area (Å²) in [4.78, 5) is 0. The Morgan fingerprint density at radius 1 is 0.929 bits per heavy atom. The van der Waals surface area contributed by atoms with Gasteiger partial charge in [0.1, 0.15) is 0 Å². The molecule has 0 saturated heterocycles. The van der Waals surface area contributed by atoms with Crippen LogP contribution in [0.3, 0.4) is 0 Å². The molecule has 2 aliphatic carbocycles. The predicted octanol–water partition coefficient (Wildman–Crippen LogP) is 3.49. The lowest BCUT2D eigenvalue weighted by Gasteiger charge is -2.33. The molecule has 82 valence electrons. The molecule has 1 unspecified atom stereocenters. The topological polar surface area (TPSA) is 12.0 Å². The molecule has 2 saturated carbocycles. The first-order valence-corrected chi connectivity index (χ1v) is 6.44. The van der Waals surface area contributed by atoms with Crippen LogP contribution in [0.4, 0.5) is 0 Å². The molecular weight excluding hydrogens is 170 g/mol. The average molecular weight is 195 g/mol. The van der Waals surface area contributed by atoms with Gasteiger partial charge >= 0.3 is 0 Å². The summed E-state index contributed by atoms with van der Waals surface area (Å²) in [5, 5.41) is 3.91. The molecule has 0 aromatic heterocycles. The van der Waals surface area contributed by atoms with E-state index in [1.54, 1.807) is 0 Å². The molecule has 1 N–H and O–H groups in total. The molecule has 2 rings (SSSR count). The van der Waals surface area contributed by atoms with Crippen molar-refractivity contribution in [3.05, 3.63) is 0 Å². The molecule has 1 atom stereocenters. The zero-order chi connectivity index (χ0) is 10.0. The highest BCUT2D eigenvalue weighted by Crippen LogP contribution is 2.38. The quantitative estimate of drug-likeness (QED) is 0.711. The van der Waals surface area contributed by atoms with Crippen molar-refractivity contribution in [1.82, 2.24) is 5.32 Å². The Balaban J connectivity index is 1.83. The van der Waals surface area contributed by atoms with Crippen molar-refractivity contribution < 1.29 is 0 Å². The normalized spacial score (nSPS) is 33.4. The van der Waals surface area contributed by atoms with Crippen molar-refractivity contribution in [2.75, 3.05) is 0 Å². The minimum Gasteiger partial charge on any atom is -0.311 e. The second-order valence-electron chi connectivity index (χ2n) is 5.93. The first-order valence-electron chi connectivity index (χ1n) is 6.44. The van der Waals surface area contributed by atoms with Crippen molar-refractivity contribution in [3.8, 4) is 0 Å². The third-order valence-corrected chi connectivity index (χ3v) is 4.30. The van der Waals surface area contributed by atoms with Gasteiger partial charge in [-0.3, -0.25) is 0 Å². The van der Waals surface area contributed by atoms with E-state index >= 15 is 0 Å². The summed E-state index contributed by atoms with van der Waals surface area (Å²) >= 11 is 0. The van der Waals surface area contributed by atoms with Gasteiger partial charge in [0.25, 0.3) is 0 Å². The minimum atomic E-state index is 0.553. The predicted molar refractivity (Wildman–Crippen MR) is 61.4 cm³/mol. The molecule has 0 spiro atoms. The second kappa shape index (κ2) is 4.22. The monoisotopic (exact) mass is 195 g/mol. The summed E-state index contributed by atoms with van der Waals surface area (Å²) in [7, 11) is 0. The SMILES string of the molecule is CC1(C)CCCC1NC1CCCCC1. The van der Waals surface area contributed by atoms with Crippen LogP contribution >= 0.6 is 0 Å². The third kappa shape index (κ3) is 2.31. The van der Waals surface area contributed by atoms with Crippen LogP contribution in [0.25, 0.3) is 0 Å². The van der Waals surface area contributed by atoms with Gasteiger partial charge in [0.2, 0.25) is 0 Å². The Labute approximate surface area is 88.7 Å². The summed E-state index contributed by atoms with van der Waals surface area (Å²) in [6.07, 6.45) is 11.5.